The number of rotatable bonds is 14. The molecule has 1 aromatic heterocycles. The highest BCUT2D eigenvalue weighted by atomic mass is 16.5. The fourth-order valence-electron chi connectivity index (χ4n) is 3.67. The van der Waals surface area contributed by atoms with Crippen molar-refractivity contribution >= 4 is 5.97 Å². The van der Waals surface area contributed by atoms with Crippen molar-refractivity contribution in [2.24, 2.45) is 0 Å². The van der Waals surface area contributed by atoms with Crippen LogP contribution in [0.4, 0.5) is 0 Å². The van der Waals surface area contributed by atoms with E-state index in [1.165, 1.54) is 50.5 Å². The summed E-state index contributed by atoms with van der Waals surface area (Å²) in [6.45, 7) is 6.50. The summed E-state index contributed by atoms with van der Waals surface area (Å²) in [5.74, 6) is -0.296. The molecule has 0 aliphatic rings. The molecule has 0 spiro atoms. The Bertz CT molecular complexity index is 722. The molecule has 0 saturated carbocycles. The molecule has 0 aliphatic carbocycles. The second-order valence-electron chi connectivity index (χ2n) is 8.20. The molecule has 0 bridgehead atoms. The molecule has 164 valence electrons. The van der Waals surface area contributed by atoms with Crippen LogP contribution >= 0.6 is 0 Å². The van der Waals surface area contributed by atoms with E-state index in [1.807, 2.05) is 19.1 Å². The van der Waals surface area contributed by atoms with Gasteiger partial charge in [0, 0.05) is 11.9 Å². The molecule has 0 aliphatic heterocycles. The standard InChI is InChI=1S/C27H39NO2/c1-4-7-9-11-13-22-15-17-23(18-16-22)26(6-3)30-27(29)24-19-20-25(28-21-24)14-12-10-8-5-2/h15-21,26H,4-14H2,1-3H3. The summed E-state index contributed by atoms with van der Waals surface area (Å²) in [6, 6.07) is 12.4. The molecule has 0 saturated heterocycles. The van der Waals surface area contributed by atoms with Gasteiger partial charge in [0.15, 0.2) is 0 Å². The second kappa shape index (κ2) is 14.0. The Kier molecular flexibility index (Phi) is 11.2. The molecule has 2 aromatic rings. The monoisotopic (exact) mass is 409 g/mol. The van der Waals surface area contributed by atoms with Crippen LogP contribution in [-0.4, -0.2) is 11.0 Å². The van der Waals surface area contributed by atoms with E-state index < -0.39 is 0 Å². The van der Waals surface area contributed by atoms with Gasteiger partial charge in [0.1, 0.15) is 6.10 Å². The van der Waals surface area contributed by atoms with Crippen molar-refractivity contribution in [1.82, 2.24) is 4.98 Å². The van der Waals surface area contributed by atoms with Crippen molar-refractivity contribution < 1.29 is 9.53 Å². The maximum atomic E-state index is 12.6. The van der Waals surface area contributed by atoms with Crippen molar-refractivity contribution in [2.45, 2.75) is 97.5 Å². The van der Waals surface area contributed by atoms with E-state index in [0.29, 0.717) is 5.56 Å². The van der Waals surface area contributed by atoms with E-state index in [9.17, 15) is 4.79 Å². The van der Waals surface area contributed by atoms with Gasteiger partial charge >= 0.3 is 5.97 Å². The van der Waals surface area contributed by atoms with Crippen LogP contribution in [0.3, 0.4) is 0 Å². The number of unbranched alkanes of at least 4 members (excludes halogenated alkanes) is 6. The van der Waals surface area contributed by atoms with Crippen LogP contribution in [0.25, 0.3) is 0 Å². The molecule has 3 nitrogen and oxygen atoms in total. The minimum Gasteiger partial charge on any atom is -0.454 e. The summed E-state index contributed by atoms with van der Waals surface area (Å²) in [5.41, 5.74) is 3.99. The van der Waals surface area contributed by atoms with Gasteiger partial charge in [-0.25, -0.2) is 4.79 Å². The van der Waals surface area contributed by atoms with Gasteiger partial charge in [0.25, 0.3) is 0 Å². The van der Waals surface area contributed by atoms with Crippen LogP contribution in [0.2, 0.25) is 0 Å². The summed E-state index contributed by atoms with van der Waals surface area (Å²) in [7, 11) is 0. The molecule has 30 heavy (non-hydrogen) atoms. The zero-order valence-corrected chi connectivity index (χ0v) is 19.2. The zero-order valence-electron chi connectivity index (χ0n) is 19.2. The number of pyridine rings is 1. The number of carbonyl (C=O) groups excluding carboxylic acids is 1. The number of aryl methyl sites for hydroxylation is 2. The van der Waals surface area contributed by atoms with Gasteiger partial charge in [-0.3, -0.25) is 4.98 Å². The smallest absolute Gasteiger partial charge is 0.340 e. The van der Waals surface area contributed by atoms with Crippen LogP contribution in [-0.2, 0) is 17.6 Å². The minimum atomic E-state index is -0.296. The lowest BCUT2D eigenvalue weighted by Crippen LogP contribution is -2.12. The third kappa shape index (κ3) is 8.30. The van der Waals surface area contributed by atoms with Crippen LogP contribution in [0.15, 0.2) is 42.6 Å². The fraction of sp³-hybridized carbons (Fsp3) is 0.556. The maximum Gasteiger partial charge on any atom is 0.340 e. The molecule has 0 N–H and O–H groups in total. The molecule has 0 radical (unpaired) electrons. The van der Waals surface area contributed by atoms with Crippen molar-refractivity contribution in [2.75, 3.05) is 0 Å². The Hall–Kier alpha value is -2.16. The third-order valence-electron chi connectivity index (χ3n) is 5.64. The quantitative estimate of drug-likeness (QED) is 0.238. The van der Waals surface area contributed by atoms with E-state index in [1.54, 1.807) is 6.20 Å². The first kappa shape index (κ1) is 24.1. The first-order valence-electron chi connectivity index (χ1n) is 11.9. The van der Waals surface area contributed by atoms with E-state index in [2.05, 4.69) is 43.1 Å². The number of aromatic nitrogens is 1. The number of hydrogen-bond acceptors (Lipinski definition) is 3. The SMILES string of the molecule is CCCCCCc1ccc(C(CC)OC(=O)c2ccc(CCCCCC)nc2)cc1. The zero-order chi connectivity index (χ0) is 21.6. The topological polar surface area (TPSA) is 39.2 Å². The van der Waals surface area contributed by atoms with Gasteiger partial charge in [-0.05, 0) is 55.4 Å². The number of carbonyl (C=O) groups is 1. The van der Waals surface area contributed by atoms with Gasteiger partial charge in [0.05, 0.1) is 5.56 Å². The molecule has 1 heterocycles. The average molecular weight is 410 g/mol. The predicted molar refractivity (Wildman–Crippen MR) is 125 cm³/mol. The maximum absolute atomic E-state index is 12.6. The summed E-state index contributed by atoms with van der Waals surface area (Å²) in [5, 5.41) is 0. The Morgan fingerprint density at radius 3 is 2.07 bits per heavy atom. The van der Waals surface area contributed by atoms with Gasteiger partial charge in [-0.1, -0.05) is 83.6 Å². The first-order valence-corrected chi connectivity index (χ1v) is 11.9. The van der Waals surface area contributed by atoms with Crippen LogP contribution in [0.5, 0.6) is 0 Å². The second-order valence-corrected chi connectivity index (χ2v) is 8.20. The van der Waals surface area contributed by atoms with E-state index >= 15 is 0 Å². The normalized spacial score (nSPS) is 12.0. The Morgan fingerprint density at radius 2 is 1.50 bits per heavy atom. The van der Waals surface area contributed by atoms with Crippen LogP contribution < -0.4 is 0 Å². The number of benzene rings is 1. The highest BCUT2D eigenvalue weighted by Crippen LogP contribution is 2.23. The number of ether oxygens (including phenoxy) is 1. The lowest BCUT2D eigenvalue weighted by atomic mass is 10.0. The lowest BCUT2D eigenvalue weighted by Gasteiger charge is -2.17. The van der Waals surface area contributed by atoms with Gasteiger partial charge in [-0.2, -0.15) is 0 Å². The van der Waals surface area contributed by atoms with Gasteiger partial charge < -0.3 is 4.74 Å². The van der Waals surface area contributed by atoms with Crippen molar-refractivity contribution in [3.63, 3.8) is 0 Å². The van der Waals surface area contributed by atoms with Crippen molar-refractivity contribution in [1.29, 1.82) is 0 Å². The largest absolute Gasteiger partial charge is 0.454 e. The molecule has 1 atom stereocenters. The average Bonchev–Trinajstić information content (AvgIpc) is 2.79. The molecular weight excluding hydrogens is 370 g/mol. The highest BCUT2D eigenvalue weighted by Gasteiger charge is 2.17. The summed E-state index contributed by atoms with van der Waals surface area (Å²) >= 11 is 0. The van der Waals surface area contributed by atoms with Crippen molar-refractivity contribution in [3.05, 3.63) is 65.0 Å². The minimum absolute atomic E-state index is 0.222. The van der Waals surface area contributed by atoms with Crippen LogP contribution in [0, 0.1) is 0 Å². The Labute approximate surface area is 183 Å². The molecular formula is C27H39NO2. The van der Waals surface area contributed by atoms with E-state index in [4.69, 9.17) is 4.74 Å². The van der Waals surface area contributed by atoms with Crippen LogP contribution in [0.1, 0.15) is 112 Å². The molecule has 1 aromatic carbocycles. The van der Waals surface area contributed by atoms with Gasteiger partial charge in [-0.15, -0.1) is 0 Å². The summed E-state index contributed by atoms with van der Waals surface area (Å²) < 4.78 is 5.80. The van der Waals surface area contributed by atoms with E-state index in [-0.39, 0.29) is 12.1 Å². The highest BCUT2D eigenvalue weighted by molar-refractivity contribution is 5.89. The fourth-order valence-corrected chi connectivity index (χ4v) is 3.67. The Balaban J connectivity index is 1.87. The predicted octanol–water partition coefficient (Wildman–Crippen LogP) is 7.64. The molecule has 2 rings (SSSR count). The van der Waals surface area contributed by atoms with Gasteiger partial charge in [0.2, 0.25) is 0 Å². The lowest BCUT2D eigenvalue weighted by molar-refractivity contribution is 0.0287. The molecule has 3 heteroatoms. The number of esters is 1. The third-order valence-corrected chi connectivity index (χ3v) is 5.64. The number of nitrogens with zero attached hydrogens (tertiary/aromatic N) is 1. The van der Waals surface area contributed by atoms with E-state index in [0.717, 1.165) is 36.9 Å². The summed E-state index contributed by atoms with van der Waals surface area (Å²) in [4.78, 5) is 17.1. The summed E-state index contributed by atoms with van der Waals surface area (Å²) in [6.07, 6.45) is 14.3. The molecule has 1 unspecified atom stereocenters. The Morgan fingerprint density at radius 1 is 0.833 bits per heavy atom. The first-order chi connectivity index (χ1) is 14.7. The molecule has 0 amide bonds. The molecule has 0 fully saturated rings. The number of hydrogen-bond donors (Lipinski definition) is 0. The van der Waals surface area contributed by atoms with Crippen molar-refractivity contribution in [3.8, 4) is 0 Å².